The molecule has 0 saturated heterocycles. The van der Waals surface area contributed by atoms with Crippen molar-refractivity contribution in [1.82, 2.24) is 4.72 Å². The molecule has 0 radical (unpaired) electrons. The van der Waals surface area contributed by atoms with Crippen LogP contribution in [0.1, 0.15) is 36.7 Å². The lowest BCUT2D eigenvalue weighted by Crippen LogP contribution is -2.41. The lowest BCUT2D eigenvalue weighted by Gasteiger charge is -2.19. The number of rotatable bonds is 5. The minimum absolute atomic E-state index is 0.115. The molecule has 6 heteroatoms. The monoisotopic (exact) mass is 363 g/mol. The van der Waals surface area contributed by atoms with Crippen LogP contribution in [0.3, 0.4) is 0 Å². The maximum absolute atomic E-state index is 14.4. The average Bonchev–Trinajstić information content (AvgIpc) is 2.55. The molecule has 0 aliphatic heterocycles. The van der Waals surface area contributed by atoms with E-state index in [1.807, 2.05) is 30.3 Å². The van der Waals surface area contributed by atoms with Gasteiger partial charge in [-0.15, -0.1) is 0 Å². The van der Waals surface area contributed by atoms with E-state index in [1.54, 1.807) is 13.0 Å². The molecule has 1 N–H and O–H groups in total. The van der Waals surface area contributed by atoms with Crippen molar-refractivity contribution in [2.45, 2.75) is 32.4 Å². The highest BCUT2D eigenvalue weighted by atomic mass is 32.2. The zero-order chi connectivity index (χ0) is 18.8. The fraction of sp³-hybridized carbons (Fsp3) is 0.316. The fourth-order valence-electron chi connectivity index (χ4n) is 2.24. The quantitative estimate of drug-likeness (QED) is 0.824. The van der Waals surface area contributed by atoms with Crippen molar-refractivity contribution in [2.24, 2.45) is 0 Å². The predicted octanol–water partition coefficient (Wildman–Crippen LogP) is 3.70. The van der Waals surface area contributed by atoms with Crippen molar-refractivity contribution in [2.75, 3.05) is 6.54 Å². The molecule has 0 spiro atoms. The first kappa shape index (κ1) is 19.3. The molecule has 25 heavy (non-hydrogen) atoms. The SMILES string of the molecule is Cc1cc(-c2ccccc2)cc(C(=O)CNS(=O)(=O)C(C)(C)C)c1F. The predicted molar refractivity (Wildman–Crippen MR) is 97.6 cm³/mol. The second-order valence-electron chi connectivity index (χ2n) is 6.88. The molecular weight excluding hydrogens is 341 g/mol. The highest BCUT2D eigenvalue weighted by molar-refractivity contribution is 7.90. The van der Waals surface area contributed by atoms with Crippen molar-refractivity contribution in [3.8, 4) is 11.1 Å². The van der Waals surface area contributed by atoms with Crippen molar-refractivity contribution in [3.63, 3.8) is 0 Å². The summed E-state index contributed by atoms with van der Waals surface area (Å²) in [6.07, 6.45) is 0. The number of carbonyl (C=O) groups excluding carboxylic acids is 1. The number of halogens is 1. The van der Waals surface area contributed by atoms with Gasteiger partial charge in [-0.1, -0.05) is 30.3 Å². The summed E-state index contributed by atoms with van der Waals surface area (Å²) in [6.45, 7) is 5.69. The van der Waals surface area contributed by atoms with Crippen LogP contribution in [0.25, 0.3) is 11.1 Å². The molecule has 0 fully saturated rings. The van der Waals surface area contributed by atoms with E-state index in [0.717, 1.165) is 5.56 Å². The Morgan fingerprint density at radius 1 is 1.08 bits per heavy atom. The number of sulfonamides is 1. The summed E-state index contributed by atoms with van der Waals surface area (Å²) in [5.74, 6) is -1.23. The van der Waals surface area contributed by atoms with Crippen LogP contribution < -0.4 is 4.72 Å². The minimum atomic E-state index is -3.68. The van der Waals surface area contributed by atoms with E-state index < -0.39 is 32.9 Å². The molecule has 0 unspecified atom stereocenters. The summed E-state index contributed by atoms with van der Waals surface area (Å²) in [6, 6.07) is 12.4. The molecule has 0 aliphatic rings. The first-order valence-electron chi connectivity index (χ1n) is 7.91. The van der Waals surface area contributed by atoms with Crippen LogP contribution in [-0.4, -0.2) is 25.5 Å². The number of hydrogen-bond acceptors (Lipinski definition) is 3. The molecule has 134 valence electrons. The number of carbonyl (C=O) groups is 1. The van der Waals surface area contributed by atoms with Gasteiger partial charge in [0.05, 0.1) is 16.9 Å². The highest BCUT2D eigenvalue weighted by Gasteiger charge is 2.29. The van der Waals surface area contributed by atoms with Gasteiger partial charge in [0.2, 0.25) is 10.0 Å². The van der Waals surface area contributed by atoms with E-state index in [-0.39, 0.29) is 5.56 Å². The van der Waals surface area contributed by atoms with Gasteiger partial charge in [0, 0.05) is 0 Å². The van der Waals surface area contributed by atoms with Crippen LogP contribution in [-0.2, 0) is 10.0 Å². The standard InChI is InChI=1S/C19H22FNO3S/c1-13-10-15(14-8-6-5-7-9-14)11-16(18(13)20)17(22)12-21-25(23,24)19(2,3)4/h5-11,21H,12H2,1-4H3. The third-order valence-corrected chi connectivity index (χ3v) is 6.03. The molecule has 0 aromatic heterocycles. The molecule has 0 atom stereocenters. The van der Waals surface area contributed by atoms with E-state index >= 15 is 0 Å². The molecule has 0 bridgehead atoms. The Labute approximate surface area is 148 Å². The number of nitrogens with one attached hydrogen (secondary N) is 1. The summed E-state index contributed by atoms with van der Waals surface area (Å²) in [5.41, 5.74) is 1.79. The van der Waals surface area contributed by atoms with Gasteiger partial charge in [0.1, 0.15) is 5.82 Å². The van der Waals surface area contributed by atoms with E-state index in [2.05, 4.69) is 4.72 Å². The lowest BCUT2D eigenvalue weighted by atomic mass is 9.98. The third-order valence-electron chi connectivity index (χ3n) is 3.89. The number of Topliss-reactive ketones (excluding diaryl/α,β-unsaturated/α-hetero) is 1. The van der Waals surface area contributed by atoms with Crippen LogP contribution in [0.5, 0.6) is 0 Å². The van der Waals surface area contributed by atoms with E-state index in [0.29, 0.717) is 11.1 Å². The van der Waals surface area contributed by atoms with Gasteiger partial charge in [0.25, 0.3) is 0 Å². The zero-order valence-electron chi connectivity index (χ0n) is 14.8. The van der Waals surface area contributed by atoms with Gasteiger partial charge < -0.3 is 0 Å². The molecule has 2 aromatic carbocycles. The van der Waals surface area contributed by atoms with E-state index in [1.165, 1.54) is 26.8 Å². The summed E-state index contributed by atoms with van der Waals surface area (Å²) >= 11 is 0. The first-order valence-corrected chi connectivity index (χ1v) is 9.39. The maximum atomic E-state index is 14.4. The maximum Gasteiger partial charge on any atom is 0.216 e. The van der Waals surface area contributed by atoms with Crippen LogP contribution in [0.2, 0.25) is 0 Å². The Bertz CT molecular complexity index is 885. The molecular formula is C19H22FNO3S. The first-order chi connectivity index (χ1) is 11.5. The highest BCUT2D eigenvalue weighted by Crippen LogP contribution is 2.25. The molecule has 0 amide bonds. The molecule has 0 aliphatic carbocycles. The topological polar surface area (TPSA) is 63.2 Å². The molecule has 2 aromatic rings. The molecule has 2 rings (SSSR count). The van der Waals surface area contributed by atoms with Gasteiger partial charge in [-0.3, -0.25) is 4.79 Å². The molecule has 0 heterocycles. The zero-order valence-corrected chi connectivity index (χ0v) is 15.6. The van der Waals surface area contributed by atoms with Crippen molar-refractivity contribution >= 4 is 15.8 Å². The Morgan fingerprint density at radius 2 is 1.68 bits per heavy atom. The van der Waals surface area contributed by atoms with E-state index in [4.69, 9.17) is 0 Å². The van der Waals surface area contributed by atoms with Crippen LogP contribution in [0, 0.1) is 12.7 Å². The minimum Gasteiger partial charge on any atom is -0.293 e. The molecule has 0 saturated carbocycles. The number of benzene rings is 2. The van der Waals surface area contributed by atoms with Crippen molar-refractivity contribution < 1.29 is 17.6 Å². The van der Waals surface area contributed by atoms with Gasteiger partial charge in [-0.05, 0) is 56.5 Å². The van der Waals surface area contributed by atoms with Crippen LogP contribution in [0.4, 0.5) is 4.39 Å². The van der Waals surface area contributed by atoms with Gasteiger partial charge >= 0.3 is 0 Å². The Hall–Kier alpha value is -2.05. The van der Waals surface area contributed by atoms with Gasteiger partial charge in [-0.2, -0.15) is 0 Å². The summed E-state index contributed by atoms with van der Waals surface area (Å²) < 4.78 is 39.8. The third kappa shape index (κ3) is 4.32. The van der Waals surface area contributed by atoms with E-state index in [9.17, 15) is 17.6 Å². The average molecular weight is 363 g/mol. The van der Waals surface area contributed by atoms with Crippen LogP contribution in [0.15, 0.2) is 42.5 Å². The Morgan fingerprint density at radius 3 is 2.24 bits per heavy atom. The lowest BCUT2D eigenvalue weighted by molar-refractivity contribution is 0.0993. The van der Waals surface area contributed by atoms with Crippen LogP contribution >= 0.6 is 0 Å². The second-order valence-corrected chi connectivity index (χ2v) is 9.40. The largest absolute Gasteiger partial charge is 0.293 e. The number of hydrogen-bond donors (Lipinski definition) is 1. The summed E-state index contributed by atoms with van der Waals surface area (Å²) in [5, 5.41) is 0. The number of aryl methyl sites for hydroxylation is 1. The smallest absolute Gasteiger partial charge is 0.216 e. The Balaban J connectivity index is 2.33. The summed E-state index contributed by atoms with van der Waals surface area (Å²) in [7, 11) is -3.68. The fourth-order valence-corrected chi connectivity index (χ4v) is 3.00. The summed E-state index contributed by atoms with van der Waals surface area (Å²) in [4.78, 5) is 12.4. The molecule has 4 nitrogen and oxygen atoms in total. The van der Waals surface area contributed by atoms with Crippen molar-refractivity contribution in [3.05, 3.63) is 59.4 Å². The second kappa shape index (κ2) is 7.06. The number of ketones is 1. The van der Waals surface area contributed by atoms with Gasteiger partial charge in [-0.25, -0.2) is 17.5 Å². The van der Waals surface area contributed by atoms with Gasteiger partial charge in [0.15, 0.2) is 5.78 Å². The normalized spacial score (nSPS) is 12.2. The Kier molecular flexibility index (Phi) is 5.44. The van der Waals surface area contributed by atoms with Crippen molar-refractivity contribution in [1.29, 1.82) is 0 Å².